The Bertz CT molecular complexity index is 1150. The molecule has 3 aromatic rings. The highest BCUT2D eigenvalue weighted by atomic mass is 16.4. The average molecular weight is 385 g/mol. The third-order valence-corrected chi connectivity index (χ3v) is 5.11. The van der Waals surface area contributed by atoms with Gasteiger partial charge in [-0.15, -0.1) is 0 Å². The van der Waals surface area contributed by atoms with Crippen molar-refractivity contribution in [1.29, 1.82) is 0 Å². The molecule has 4 rings (SSSR count). The van der Waals surface area contributed by atoms with Crippen molar-refractivity contribution in [3.63, 3.8) is 0 Å². The van der Waals surface area contributed by atoms with Crippen LogP contribution in [0.3, 0.4) is 0 Å². The second kappa shape index (κ2) is 6.35. The SMILES string of the molecule is C[C@H]1CC[C@@H](c2c(O)cc3oc(-c4ccc(O)c(O)c4)c(O)c(=O)c3c2O)N1. The first-order chi connectivity index (χ1) is 13.3. The highest BCUT2D eigenvalue weighted by Gasteiger charge is 2.30. The molecule has 2 atom stereocenters. The van der Waals surface area contributed by atoms with E-state index in [9.17, 15) is 30.3 Å². The molecule has 0 radical (unpaired) electrons. The number of hydrogen-bond donors (Lipinski definition) is 6. The molecule has 0 unspecified atom stereocenters. The maximum atomic E-state index is 12.8. The zero-order chi connectivity index (χ0) is 20.2. The van der Waals surface area contributed by atoms with Crippen LogP contribution in [0.1, 0.15) is 31.4 Å². The predicted octanol–water partition coefficient (Wildman–Crippen LogP) is 2.80. The predicted molar refractivity (Wildman–Crippen MR) is 101 cm³/mol. The molecular weight excluding hydrogens is 366 g/mol. The van der Waals surface area contributed by atoms with Crippen LogP contribution in [0, 0.1) is 0 Å². The first kappa shape index (κ1) is 18.0. The fourth-order valence-corrected chi connectivity index (χ4v) is 3.68. The van der Waals surface area contributed by atoms with Gasteiger partial charge in [-0.25, -0.2) is 0 Å². The Kier molecular flexibility index (Phi) is 4.08. The number of phenols is 4. The monoisotopic (exact) mass is 385 g/mol. The molecule has 8 heteroatoms. The van der Waals surface area contributed by atoms with E-state index in [0.29, 0.717) is 6.42 Å². The van der Waals surface area contributed by atoms with Crippen LogP contribution in [-0.4, -0.2) is 31.6 Å². The lowest BCUT2D eigenvalue weighted by Crippen LogP contribution is -2.21. The summed E-state index contributed by atoms with van der Waals surface area (Å²) in [5.74, 6) is -2.51. The molecule has 1 fully saturated rings. The number of rotatable bonds is 2. The Labute approximate surface area is 158 Å². The van der Waals surface area contributed by atoms with Crippen LogP contribution in [0.25, 0.3) is 22.3 Å². The van der Waals surface area contributed by atoms with Crippen LogP contribution >= 0.6 is 0 Å². The molecule has 1 aliphatic heterocycles. The maximum Gasteiger partial charge on any atom is 0.238 e. The van der Waals surface area contributed by atoms with Gasteiger partial charge in [0.1, 0.15) is 22.5 Å². The van der Waals surface area contributed by atoms with E-state index in [1.807, 2.05) is 6.92 Å². The Morgan fingerprint density at radius 1 is 0.964 bits per heavy atom. The van der Waals surface area contributed by atoms with E-state index in [0.717, 1.165) is 12.5 Å². The number of benzene rings is 2. The quantitative estimate of drug-likeness (QED) is 0.370. The van der Waals surface area contributed by atoms with Crippen molar-refractivity contribution in [1.82, 2.24) is 5.32 Å². The van der Waals surface area contributed by atoms with Crippen LogP contribution in [0.5, 0.6) is 28.7 Å². The summed E-state index contributed by atoms with van der Waals surface area (Å²) >= 11 is 0. The lowest BCUT2D eigenvalue weighted by Gasteiger charge is -2.17. The van der Waals surface area contributed by atoms with Gasteiger partial charge in [0.2, 0.25) is 11.2 Å². The van der Waals surface area contributed by atoms with Crippen LogP contribution < -0.4 is 10.7 Å². The van der Waals surface area contributed by atoms with Crippen molar-refractivity contribution < 1.29 is 29.9 Å². The van der Waals surface area contributed by atoms with Gasteiger partial charge < -0.3 is 35.3 Å². The molecule has 0 saturated carbocycles. The molecule has 146 valence electrons. The standard InChI is InChI=1S/C20H19NO7/c1-8-2-4-10(21-8)15-13(24)7-14-16(17(15)25)18(26)19(27)20(28-14)9-3-5-11(22)12(23)6-9/h3,5-8,10,21-25,27H,2,4H2,1H3/t8-,10-/m0/s1. The number of hydrogen-bond acceptors (Lipinski definition) is 8. The number of nitrogens with one attached hydrogen (secondary N) is 1. The first-order valence-corrected chi connectivity index (χ1v) is 8.81. The second-order valence-corrected chi connectivity index (χ2v) is 7.04. The molecule has 8 nitrogen and oxygen atoms in total. The lowest BCUT2D eigenvalue weighted by molar-refractivity contribution is 0.403. The third-order valence-electron chi connectivity index (χ3n) is 5.11. The molecular formula is C20H19NO7. The second-order valence-electron chi connectivity index (χ2n) is 7.04. The topological polar surface area (TPSA) is 143 Å². The van der Waals surface area contributed by atoms with Gasteiger partial charge in [-0.1, -0.05) is 0 Å². The minimum Gasteiger partial charge on any atom is -0.507 e. The summed E-state index contributed by atoms with van der Waals surface area (Å²) < 4.78 is 5.57. The van der Waals surface area contributed by atoms with Crippen molar-refractivity contribution in [2.45, 2.75) is 31.8 Å². The van der Waals surface area contributed by atoms with Gasteiger partial charge in [0.15, 0.2) is 17.3 Å². The van der Waals surface area contributed by atoms with Crippen LogP contribution in [-0.2, 0) is 0 Å². The molecule has 0 spiro atoms. The van der Waals surface area contributed by atoms with Crippen molar-refractivity contribution in [2.75, 3.05) is 0 Å². The fraction of sp³-hybridized carbons (Fsp3) is 0.250. The molecule has 0 bridgehead atoms. The first-order valence-electron chi connectivity index (χ1n) is 8.81. The largest absolute Gasteiger partial charge is 0.507 e. The third kappa shape index (κ3) is 2.69. The fourth-order valence-electron chi connectivity index (χ4n) is 3.68. The number of aromatic hydroxyl groups is 5. The Morgan fingerprint density at radius 2 is 1.71 bits per heavy atom. The highest BCUT2D eigenvalue weighted by molar-refractivity contribution is 5.90. The summed E-state index contributed by atoms with van der Waals surface area (Å²) in [6, 6.07) is 4.75. The van der Waals surface area contributed by atoms with Crippen molar-refractivity contribution in [3.05, 3.63) is 40.1 Å². The van der Waals surface area contributed by atoms with E-state index >= 15 is 0 Å². The maximum absolute atomic E-state index is 12.8. The van der Waals surface area contributed by atoms with Crippen LogP contribution in [0.15, 0.2) is 33.5 Å². The summed E-state index contributed by atoms with van der Waals surface area (Å²) in [5, 5.41) is 53.6. The van der Waals surface area contributed by atoms with Gasteiger partial charge in [0.05, 0.1) is 5.56 Å². The molecule has 2 aromatic carbocycles. The molecule has 1 aliphatic rings. The average Bonchev–Trinajstić information content (AvgIpc) is 3.06. The van der Waals surface area contributed by atoms with E-state index in [4.69, 9.17) is 4.42 Å². The minimum atomic E-state index is -0.867. The van der Waals surface area contributed by atoms with E-state index in [-0.39, 0.29) is 51.4 Å². The molecule has 0 aliphatic carbocycles. The van der Waals surface area contributed by atoms with E-state index < -0.39 is 22.7 Å². The lowest BCUT2D eigenvalue weighted by atomic mass is 9.99. The molecule has 1 saturated heterocycles. The Balaban J connectivity index is 1.95. The normalized spacial score (nSPS) is 19.3. The highest BCUT2D eigenvalue weighted by Crippen LogP contribution is 2.44. The Morgan fingerprint density at radius 3 is 2.36 bits per heavy atom. The van der Waals surface area contributed by atoms with Gasteiger partial charge in [-0.2, -0.15) is 0 Å². The number of phenolic OH excluding ortho intramolecular Hbond substituents is 4. The van der Waals surface area contributed by atoms with Crippen molar-refractivity contribution in [3.8, 4) is 40.1 Å². The van der Waals surface area contributed by atoms with Crippen LogP contribution in [0.2, 0.25) is 0 Å². The molecule has 28 heavy (non-hydrogen) atoms. The number of fused-ring (bicyclic) bond motifs is 1. The Hall–Kier alpha value is -3.39. The van der Waals surface area contributed by atoms with E-state index in [2.05, 4.69) is 5.32 Å². The molecule has 0 amide bonds. The van der Waals surface area contributed by atoms with Crippen LogP contribution in [0.4, 0.5) is 0 Å². The molecule has 6 N–H and O–H groups in total. The van der Waals surface area contributed by atoms with Gasteiger partial charge in [0.25, 0.3) is 0 Å². The zero-order valence-electron chi connectivity index (χ0n) is 14.9. The summed E-state index contributed by atoms with van der Waals surface area (Å²) in [5.41, 5.74) is -0.650. The summed E-state index contributed by atoms with van der Waals surface area (Å²) in [6.45, 7) is 1.98. The van der Waals surface area contributed by atoms with E-state index in [1.54, 1.807) is 0 Å². The smallest absolute Gasteiger partial charge is 0.238 e. The zero-order valence-corrected chi connectivity index (χ0v) is 14.9. The summed E-state index contributed by atoms with van der Waals surface area (Å²) in [7, 11) is 0. The summed E-state index contributed by atoms with van der Waals surface area (Å²) in [4.78, 5) is 12.8. The van der Waals surface area contributed by atoms with Crippen molar-refractivity contribution in [2.24, 2.45) is 0 Å². The van der Waals surface area contributed by atoms with Crippen molar-refractivity contribution >= 4 is 11.0 Å². The van der Waals surface area contributed by atoms with Gasteiger partial charge in [0, 0.05) is 23.7 Å². The summed E-state index contributed by atoms with van der Waals surface area (Å²) in [6.07, 6.45) is 1.53. The molecule has 2 heterocycles. The van der Waals surface area contributed by atoms with Gasteiger partial charge in [-0.05, 0) is 38.0 Å². The van der Waals surface area contributed by atoms with Gasteiger partial charge in [-0.3, -0.25) is 4.79 Å². The molecule has 1 aromatic heterocycles. The van der Waals surface area contributed by atoms with Gasteiger partial charge >= 0.3 is 0 Å². The van der Waals surface area contributed by atoms with E-state index in [1.165, 1.54) is 18.2 Å². The minimum absolute atomic E-state index is 0.116.